The van der Waals surface area contributed by atoms with Crippen LogP contribution in [-0.2, 0) is 23.9 Å². The van der Waals surface area contributed by atoms with Gasteiger partial charge in [0.2, 0.25) is 0 Å². The van der Waals surface area contributed by atoms with Crippen LogP contribution < -0.4 is 14.8 Å². The Labute approximate surface area is 208 Å². The van der Waals surface area contributed by atoms with Crippen molar-refractivity contribution in [1.82, 2.24) is 5.32 Å². The van der Waals surface area contributed by atoms with Crippen LogP contribution in [0.15, 0.2) is 18.2 Å². The Bertz CT molecular complexity index is 1050. The summed E-state index contributed by atoms with van der Waals surface area (Å²) < 4.78 is 40.6. The number of rotatable bonds is 8. The molecule has 4 aliphatic carbocycles. The van der Waals surface area contributed by atoms with Gasteiger partial charge in [-0.1, -0.05) is 6.07 Å². The first-order valence-corrected chi connectivity index (χ1v) is 14.2. The molecule has 1 aromatic carbocycles. The summed E-state index contributed by atoms with van der Waals surface area (Å²) in [6, 6.07) is 4.70. The van der Waals surface area contributed by atoms with Gasteiger partial charge in [-0.3, -0.25) is 13.8 Å². The van der Waals surface area contributed by atoms with Crippen LogP contribution in [0.4, 0.5) is 0 Å². The van der Waals surface area contributed by atoms with Gasteiger partial charge in [-0.15, -0.1) is 0 Å². The van der Waals surface area contributed by atoms with Gasteiger partial charge in [0, 0.05) is 19.0 Å². The molecule has 9 heteroatoms. The van der Waals surface area contributed by atoms with Crippen LogP contribution in [0.3, 0.4) is 0 Å². The van der Waals surface area contributed by atoms with Crippen LogP contribution in [0.5, 0.6) is 11.5 Å². The zero-order valence-electron chi connectivity index (χ0n) is 21.3. The lowest BCUT2D eigenvalue weighted by molar-refractivity contribution is -0.161. The van der Waals surface area contributed by atoms with Crippen molar-refractivity contribution in [3.05, 3.63) is 23.8 Å². The zero-order valence-corrected chi connectivity index (χ0v) is 22.1. The molecule has 0 amide bonds. The number of esters is 2. The molecular weight excluding hydrogens is 470 g/mol. The maximum absolute atomic E-state index is 13.6. The van der Waals surface area contributed by atoms with Gasteiger partial charge >= 0.3 is 11.9 Å². The van der Waals surface area contributed by atoms with Gasteiger partial charge in [0.1, 0.15) is 6.10 Å². The fourth-order valence-electron chi connectivity index (χ4n) is 6.43. The average molecular weight is 508 g/mol. The SMILES string of the molecule is CC(=O)Oc1ccc(C(CNC(C)(C)C)OS(C)(=O)=O)cc1OC(=O)C12CC3CC(CC(C3)C1)C2. The van der Waals surface area contributed by atoms with Crippen LogP contribution in [0.1, 0.15) is 77.9 Å². The molecular formula is C26H37NO7S. The van der Waals surface area contributed by atoms with Crippen LogP contribution in [0.25, 0.3) is 0 Å². The second-order valence-corrected chi connectivity index (χ2v) is 13.4. The lowest BCUT2D eigenvalue weighted by Crippen LogP contribution is -2.51. The number of carbonyl (C=O) groups excluding carboxylic acids is 2. The third-order valence-electron chi connectivity index (χ3n) is 7.38. The Morgan fingerprint density at radius 3 is 2.09 bits per heavy atom. The van der Waals surface area contributed by atoms with Gasteiger partial charge in [0.25, 0.3) is 10.1 Å². The predicted molar refractivity (Wildman–Crippen MR) is 130 cm³/mol. The topological polar surface area (TPSA) is 108 Å². The highest BCUT2D eigenvalue weighted by atomic mass is 32.2. The predicted octanol–water partition coefficient (Wildman–Crippen LogP) is 4.14. The molecule has 1 N–H and O–H groups in total. The summed E-state index contributed by atoms with van der Waals surface area (Å²) in [5.41, 5.74) is -0.268. The normalized spacial score (nSPS) is 28.5. The molecule has 8 nitrogen and oxygen atoms in total. The Balaban J connectivity index is 1.63. The molecule has 1 atom stereocenters. The van der Waals surface area contributed by atoms with E-state index in [-0.39, 0.29) is 29.6 Å². The highest BCUT2D eigenvalue weighted by molar-refractivity contribution is 7.86. The van der Waals surface area contributed by atoms with E-state index < -0.39 is 27.6 Å². The van der Waals surface area contributed by atoms with E-state index in [1.807, 2.05) is 20.8 Å². The van der Waals surface area contributed by atoms with Crippen LogP contribution >= 0.6 is 0 Å². The first-order valence-electron chi connectivity index (χ1n) is 12.4. The van der Waals surface area contributed by atoms with Crippen LogP contribution in [0, 0.1) is 23.2 Å². The largest absolute Gasteiger partial charge is 0.423 e. The smallest absolute Gasteiger partial charge is 0.317 e. The van der Waals surface area contributed by atoms with Crippen molar-refractivity contribution in [3.8, 4) is 11.5 Å². The van der Waals surface area contributed by atoms with Crippen molar-refractivity contribution < 1.29 is 31.7 Å². The molecule has 35 heavy (non-hydrogen) atoms. The van der Waals surface area contributed by atoms with Crippen LogP contribution in [-0.4, -0.2) is 38.7 Å². The zero-order chi connectivity index (χ0) is 25.6. The van der Waals surface area contributed by atoms with E-state index in [2.05, 4.69) is 5.32 Å². The van der Waals surface area contributed by atoms with Crippen molar-refractivity contribution in [1.29, 1.82) is 0 Å². The molecule has 0 aliphatic heterocycles. The van der Waals surface area contributed by atoms with E-state index in [0.29, 0.717) is 23.3 Å². The molecule has 1 unspecified atom stereocenters. The Morgan fingerprint density at radius 1 is 1.03 bits per heavy atom. The number of carbonyl (C=O) groups is 2. The summed E-state index contributed by atoms with van der Waals surface area (Å²) in [5.74, 6) is 1.13. The lowest BCUT2D eigenvalue weighted by Gasteiger charge is -2.55. The molecule has 194 valence electrons. The molecule has 0 spiro atoms. The van der Waals surface area contributed by atoms with Gasteiger partial charge in [-0.2, -0.15) is 8.42 Å². The highest BCUT2D eigenvalue weighted by Gasteiger charge is 2.55. The van der Waals surface area contributed by atoms with E-state index in [1.165, 1.54) is 32.3 Å². The minimum Gasteiger partial charge on any atom is -0.423 e. The van der Waals surface area contributed by atoms with Gasteiger partial charge in [0.15, 0.2) is 11.5 Å². The van der Waals surface area contributed by atoms with Crippen molar-refractivity contribution in [2.75, 3.05) is 12.8 Å². The maximum atomic E-state index is 13.6. The lowest BCUT2D eigenvalue weighted by atomic mass is 9.49. The molecule has 4 saturated carbocycles. The molecule has 0 aromatic heterocycles. The summed E-state index contributed by atoms with van der Waals surface area (Å²) in [4.78, 5) is 25.3. The van der Waals surface area contributed by atoms with Crippen molar-refractivity contribution in [2.24, 2.45) is 23.2 Å². The summed E-state index contributed by atoms with van der Waals surface area (Å²) >= 11 is 0. The van der Waals surface area contributed by atoms with E-state index in [1.54, 1.807) is 12.1 Å². The second kappa shape index (κ2) is 9.48. The molecule has 5 rings (SSSR count). The van der Waals surface area contributed by atoms with Crippen molar-refractivity contribution in [3.63, 3.8) is 0 Å². The van der Waals surface area contributed by atoms with Gasteiger partial charge in [-0.25, -0.2) is 0 Å². The fraction of sp³-hybridized carbons (Fsp3) is 0.692. The monoisotopic (exact) mass is 507 g/mol. The first-order chi connectivity index (χ1) is 16.2. The van der Waals surface area contributed by atoms with Crippen molar-refractivity contribution >= 4 is 22.1 Å². The molecule has 4 aliphatic rings. The van der Waals surface area contributed by atoms with E-state index in [0.717, 1.165) is 25.5 Å². The summed E-state index contributed by atoms with van der Waals surface area (Å²) in [6.07, 6.45) is 6.27. The van der Waals surface area contributed by atoms with Gasteiger partial charge in [0.05, 0.1) is 11.7 Å². The van der Waals surface area contributed by atoms with Gasteiger partial charge < -0.3 is 14.8 Å². The third-order valence-corrected chi connectivity index (χ3v) is 7.96. The number of hydrogen-bond acceptors (Lipinski definition) is 8. The minimum atomic E-state index is -3.77. The molecule has 4 fully saturated rings. The summed E-state index contributed by atoms with van der Waals surface area (Å²) in [7, 11) is -3.77. The van der Waals surface area contributed by atoms with E-state index >= 15 is 0 Å². The van der Waals surface area contributed by atoms with E-state index in [9.17, 15) is 18.0 Å². The number of nitrogens with one attached hydrogen (secondary N) is 1. The minimum absolute atomic E-state index is 0.108. The quantitative estimate of drug-likeness (QED) is 0.318. The Kier molecular flexibility index (Phi) is 7.07. The van der Waals surface area contributed by atoms with Crippen LogP contribution in [0.2, 0.25) is 0 Å². The third kappa shape index (κ3) is 6.43. The molecule has 4 bridgehead atoms. The Hall–Kier alpha value is -1.97. The average Bonchev–Trinajstić information content (AvgIpc) is 2.69. The van der Waals surface area contributed by atoms with E-state index in [4.69, 9.17) is 13.7 Å². The molecule has 0 radical (unpaired) electrons. The van der Waals surface area contributed by atoms with Gasteiger partial charge in [-0.05, 0) is 94.7 Å². The molecule has 0 saturated heterocycles. The highest BCUT2D eigenvalue weighted by Crippen LogP contribution is 2.60. The number of benzene rings is 1. The Morgan fingerprint density at radius 2 is 1.60 bits per heavy atom. The van der Waals surface area contributed by atoms with Crippen molar-refractivity contribution in [2.45, 2.75) is 77.9 Å². The standard InChI is InChI=1S/C26H37NO7S/c1-16(28)32-21-7-6-20(23(34-35(5,30)31)15-27-25(2,3)4)11-22(21)33-24(29)26-12-17-8-18(13-26)10-19(9-17)14-26/h6-7,11,17-19,23,27H,8-10,12-15H2,1-5H3. The fourth-order valence-corrected chi connectivity index (χ4v) is 7.03. The number of hydrogen-bond donors (Lipinski definition) is 1. The first kappa shape index (κ1) is 26.1. The maximum Gasteiger partial charge on any atom is 0.317 e. The number of ether oxygens (including phenoxy) is 2. The summed E-state index contributed by atoms with van der Waals surface area (Å²) in [6.45, 7) is 7.39. The molecule has 1 aromatic rings. The molecule has 0 heterocycles. The summed E-state index contributed by atoms with van der Waals surface area (Å²) in [5, 5.41) is 3.26. The second-order valence-electron chi connectivity index (χ2n) is 11.8.